The molecule has 90 valence electrons. The lowest BCUT2D eigenvalue weighted by Gasteiger charge is -2.24. The van der Waals surface area contributed by atoms with Gasteiger partial charge in [-0.25, -0.2) is 0 Å². The molecule has 16 heavy (non-hydrogen) atoms. The first-order chi connectivity index (χ1) is 7.56. The van der Waals surface area contributed by atoms with Crippen LogP contribution in [0, 0.1) is 0 Å². The van der Waals surface area contributed by atoms with Crippen LogP contribution in [0.2, 0.25) is 0 Å². The number of rotatable bonds is 3. The summed E-state index contributed by atoms with van der Waals surface area (Å²) in [7, 11) is 0. The van der Waals surface area contributed by atoms with Crippen molar-refractivity contribution in [3.05, 3.63) is 24.9 Å². The van der Waals surface area contributed by atoms with E-state index >= 15 is 0 Å². The second-order valence-corrected chi connectivity index (χ2v) is 3.70. The highest BCUT2D eigenvalue weighted by atomic mass is 35.5. The van der Waals surface area contributed by atoms with Crippen molar-refractivity contribution in [1.82, 2.24) is 4.90 Å². The Kier molecular flexibility index (Phi) is 8.25. The van der Waals surface area contributed by atoms with E-state index in [1.54, 1.807) is 6.20 Å². The highest BCUT2D eigenvalue weighted by Crippen LogP contribution is 2.08. The molecule has 0 aromatic rings. The van der Waals surface area contributed by atoms with Gasteiger partial charge >= 0.3 is 0 Å². The fraction of sp³-hybridized carbons (Fsp3) is 0.455. The van der Waals surface area contributed by atoms with Gasteiger partial charge in [-0.15, -0.1) is 0 Å². The number of carbonyl (C=O) groups is 2. The number of primary amides is 1. The third-order valence-corrected chi connectivity index (χ3v) is 2.13. The molecule has 0 aromatic heterocycles. The molecule has 0 aromatic carbocycles. The second-order valence-electron chi connectivity index (χ2n) is 3.32. The number of halogens is 1. The molecule has 1 saturated heterocycles. The quantitative estimate of drug-likeness (QED) is 0.603. The average molecular weight is 245 g/mol. The van der Waals surface area contributed by atoms with Gasteiger partial charge in [0.25, 0.3) is 0 Å². The average Bonchev–Trinajstić information content (AvgIpc) is 2.28. The lowest BCUT2D eigenvalue weighted by molar-refractivity contribution is -0.113. The van der Waals surface area contributed by atoms with E-state index in [9.17, 15) is 9.59 Å². The normalized spacial score (nSPS) is 15.2. The van der Waals surface area contributed by atoms with Gasteiger partial charge in [-0.1, -0.05) is 6.58 Å². The van der Waals surface area contributed by atoms with Crippen LogP contribution in [0.3, 0.4) is 0 Å². The van der Waals surface area contributed by atoms with Gasteiger partial charge in [0.2, 0.25) is 11.1 Å². The van der Waals surface area contributed by atoms with Crippen LogP contribution in [0.1, 0.15) is 19.3 Å². The second kappa shape index (κ2) is 8.97. The molecule has 4 nitrogen and oxygen atoms in total. The Bertz CT molecular complexity index is 271. The van der Waals surface area contributed by atoms with Crippen LogP contribution in [-0.4, -0.2) is 29.1 Å². The van der Waals surface area contributed by atoms with Crippen molar-refractivity contribution in [1.29, 1.82) is 0 Å². The number of likely N-dealkylation sites (tertiary alicyclic amines) is 1. The minimum atomic E-state index is -0.481. The van der Waals surface area contributed by atoms with Crippen LogP contribution in [0.5, 0.6) is 0 Å². The first-order valence-corrected chi connectivity index (χ1v) is 5.47. The minimum Gasteiger partial charge on any atom is -0.377 e. The zero-order valence-corrected chi connectivity index (χ0v) is 9.95. The van der Waals surface area contributed by atoms with Crippen LogP contribution in [0.15, 0.2) is 24.9 Å². The van der Waals surface area contributed by atoms with Crippen molar-refractivity contribution in [3.8, 4) is 0 Å². The summed E-state index contributed by atoms with van der Waals surface area (Å²) < 4.78 is 0. The molecular weight excluding hydrogens is 228 g/mol. The predicted molar refractivity (Wildman–Crippen MR) is 64.8 cm³/mol. The monoisotopic (exact) mass is 244 g/mol. The van der Waals surface area contributed by atoms with E-state index in [0.29, 0.717) is 0 Å². The Labute approximate surface area is 101 Å². The van der Waals surface area contributed by atoms with Crippen molar-refractivity contribution in [3.63, 3.8) is 0 Å². The fourth-order valence-corrected chi connectivity index (χ4v) is 1.29. The third-order valence-electron chi connectivity index (χ3n) is 2.01. The van der Waals surface area contributed by atoms with Gasteiger partial charge in [0, 0.05) is 25.4 Å². The molecule has 0 aliphatic carbocycles. The van der Waals surface area contributed by atoms with E-state index < -0.39 is 11.1 Å². The SMILES string of the molecule is C=CC(N)=O.O=C(Cl)C=CN1CCCCC1. The number of piperidine rings is 1. The smallest absolute Gasteiger partial charge is 0.246 e. The van der Waals surface area contributed by atoms with E-state index in [1.165, 1.54) is 25.3 Å². The molecular formula is C11H17ClN2O2. The third kappa shape index (κ3) is 9.27. The van der Waals surface area contributed by atoms with E-state index in [2.05, 4.69) is 17.2 Å². The Morgan fingerprint density at radius 2 is 1.75 bits per heavy atom. The Balaban J connectivity index is 0.000000385. The molecule has 0 spiro atoms. The number of amides is 1. The summed E-state index contributed by atoms with van der Waals surface area (Å²) in [5.41, 5.74) is 4.53. The molecule has 0 radical (unpaired) electrons. The van der Waals surface area contributed by atoms with Gasteiger partial charge in [-0.3, -0.25) is 9.59 Å². The van der Waals surface area contributed by atoms with Gasteiger partial charge < -0.3 is 10.6 Å². The van der Waals surface area contributed by atoms with Crippen molar-refractivity contribution < 1.29 is 9.59 Å². The van der Waals surface area contributed by atoms with E-state index in [-0.39, 0.29) is 0 Å². The summed E-state index contributed by atoms with van der Waals surface area (Å²) in [5, 5.41) is -0.393. The zero-order valence-electron chi connectivity index (χ0n) is 9.19. The molecule has 5 heteroatoms. The maximum absolute atomic E-state index is 10.3. The summed E-state index contributed by atoms with van der Waals surface area (Å²) >= 11 is 5.14. The van der Waals surface area contributed by atoms with Gasteiger partial charge in [-0.05, 0) is 36.9 Å². The Hall–Kier alpha value is -1.29. The summed E-state index contributed by atoms with van der Waals surface area (Å²) in [6.45, 7) is 5.20. The van der Waals surface area contributed by atoms with Gasteiger partial charge in [0.15, 0.2) is 0 Å². The zero-order chi connectivity index (χ0) is 12.4. The number of hydrogen-bond acceptors (Lipinski definition) is 3. The molecule has 1 fully saturated rings. The number of hydrogen-bond donors (Lipinski definition) is 1. The van der Waals surface area contributed by atoms with Gasteiger partial charge in [0.1, 0.15) is 0 Å². The predicted octanol–water partition coefficient (Wildman–Crippen LogP) is 1.41. The lowest BCUT2D eigenvalue weighted by atomic mass is 10.1. The highest BCUT2D eigenvalue weighted by Gasteiger charge is 2.04. The number of allylic oxidation sites excluding steroid dienone is 1. The van der Waals surface area contributed by atoms with Crippen molar-refractivity contribution in [2.45, 2.75) is 19.3 Å². The first kappa shape index (κ1) is 14.7. The van der Waals surface area contributed by atoms with E-state index in [1.807, 2.05) is 0 Å². The highest BCUT2D eigenvalue weighted by molar-refractivity contribution is 6.66. The minimum absolute atomic E-state index is 0.393. The molecule has 0 atom stereocenters. The summed E-state index contributed by atoms with van der Waals surface area (Å²) in [6, 6.07) is 0. The number of nitrogens with two attached hydrogens (primary N) is 1. The summed E-state index contributed by atoms with van der Waals surface area (Å²) in [4.78, 5) is 21.9. The van der Waals surface area contributed by atoms with Gasteiger partial charge in [-0.2, -0.15) is 0 Å². The molecule has 0 bridgehead atoms. The first-order valence-electron chi connectivity index (χ1n) is 5.10. The fourth-order valence-electron chi connectivity index (χ4n) is 1.23. The van der Waals surface area contributed by atoms with Crippen molar-refractivity contribution in [2.24, 2.45) is 5.73 Å². The van der Waals surface area contributed by atoms with Crippen molar-refractivity contribution >= 4 is 22.8 Å². The molecule has 1 aliphatic heterocycles. The Morgan fingerprint density at radius 1 is 1.25 bits per heavy atom. The summed E-state index contributed by atoms with van der Waals surface area (Å²) in [5.74, 6) is -0.481. The Morgan fingerprint density at radius 3 is 2.12 bits per heavy atom. The lowest BCUT2D eigenvalue weighted by Crippen LogP contribution is -2.24. The summed E-state index contributed by atoms with van der Waals surface area (Å²) in [6.07, 6.45) is 8.00. The molecule has 1 rings (SSSR count). The van der Waals surface area contributed by atoms with E-state index in [0.717, 1.165) is 19.2 Å². The molecule has 1 amide bonds. The maximum atomic E-state index is 10.3. The largest absolute Gasteiger partial charge is 0.377 e. The maximum Gasteiger partial charge on any atom is 0.246 e. The molecule has 1 aliphatic rings. The van der Waals surface area contributed by atoms with Crippen LogP contribution < -0.4 is 5.73 Å². The van der Waals surface area contributed by atoms with E-state index in [4.69, 9.17) is 11.6 Å². The topological polar surface area (TPSA) is 63.4 Å². The molecule has 2 N–H and O–H groups in total. The number of nitrogens with zero attached hydrogens (tertiary/aromatic N) is 1. The molecule has 0 unspecified atom stereocenters. The molecule has 0 saturated carbocycles. The van der Waals surface area contributed by atoms with Crippen LogP contribution in [0.4, 0.5) is 0 Å². The standard InChI is InChI=1S/C8H12ClNO.C3H5NO/c9-8(11)4-7-10-5-2-1-3-6-10;1-2-3(4)5/h4,7H,1-3,5-6H2;2H,1H2,(H2,4,5). The van der Waals surface area contributed by atoms with Crippen molar-refractivity contribution in [2.75, 3.05) is 13.1 Å². The molecule has 1 heterocycles. The number of carbonyl (C=O) groups excluding carboxylic acids is 2. The van der Waals surface area contributed by atoms with Crippen LogP contribution in [-0.2, 0) is 9.59 Å². The van der Waals surface area contributed by atoms with Gasteiger partial charge in [0.05, 0.1) is 0 Å². The van der Waals surface area contributed by atoms with Crippen LogP contribution >= 0.6 is 11.6 Å². The van der Waals surface area contributed by atoms with Crippen LogP contribution in [0.25, 0.3) is 0 Å².